The maximum Gasteiger partial charge on any atom is 0.230 e. The first-order valence-electron chi connectivity index (χ1n) is 8.02. The molecule has 1 fully saturated rings. The zero-order valence-corrected chi connectivity index (χ0v) is 16.3. The molecular weight excluding hydrogens is 376 g/mol. The number of morpholine rings is 1. The van der Waals surface area contributed by atoms with Gasteiger partial charge in [-0.05, 0) is 50.1 Å². The summed E-state index contributed by atoms with van der Waals surface area (Å²) in [6.07, 6.45) is 0.993. The van der Waals surface area contributed by atoms with Crippen LogP contribution in [0.4, 0.5) is 0 Å². The molecule has 0 bridgehead atoms. The molecule has 0 saturated carbocycles. The Labute approximate surface area is 151 Å². The van der Waals surface area contributed by atoms with Gasteiger partial charge in [-0.3, -0.25) is 9.69 Å². The first-order chi connectivity index (χ1) is 11.1. The van der Waals surface area contributed by atoms with Crippen LogP contribution in [0.15, 0.2) is 21.5 Å². The quantitative estimate of drug-likeness (QED) is 0.564. The minimum absolute atomic E-state index is 0.108. The lowest BCUT2D eigenvalue weighted by molar-refractivity contribution is -0.118. The van der Waals surface area contributed by atoms with Crippen molar-refractivity contribution in [3.63, 3.8) is 0 Å². The lowest BCUT2D eigenvalue weighted by atomic mass is 10.2. The fourth-order valence-corrected chi connectivity index (χ4v) is 3.85. The normalized spacial score (nSPS) is 15.6. The van der Waals surface area contributed by atoms with E-state index in [0.717, 1.165) is 50.3 Å². The molecule has 1 N–H and O–H groups in total. The molecule has 23 heavy (non-hydrogen) atoms. The number of amides is 1. The Morgan fingerprint density at radius 1 is 1.30 bits per heavy atom. The topological polar surface area (TPSA) is 41.6 Å². The SMILES string of the molecule is Cc1cc(SCC(=O)NCCCN2CCOCC2)c(C)cc1Br. The molecule has 0 unspecified atom stereocenters. The molecule has 1 aliphatic rings. The summed E-state index contributed by atoms with van der Waals surface area (Å²) in [5, 5.41) is 3.01. The summed E-state index contributed by atoms with van der Waals surface area (Å²) >= 11 is 5.14. The highest BCUT2D eigenvalue weighted by Gasteiger charge is 2.10. The van der Waals surface area contributed by atoms with Crippen molar-refractivity contribution in [2.45, 2.75) is 25.2 Å². The average Bonchev–Trinajstić information content (AvgIpc) is 2.55. The zero-order chi connectivity index (χ0) is 16.7. The number of benzene rings is 1. The van der Waals surface area contributed by atoms with Gasteiger partial charge in [-0.1, -0.05) is 15.9 Å². The van der Waals surface area contributed by atoms with Crippen LogP contribution in [0.1, 0.15) is 17.5 Å². The molecule has 1 amide bonds. The molecule has 0 atom stereocenters. The van der Waals surface area contributed by atoms with Crippen molar-refractivity contribution in [3.05, 3.63) is 27.7 Å². The van der Waals surface area contributed by atoms with Gasteiger partial charge in [0.1, 0.15) is 0 Å². The largest absolute Gasteiger partial charge is 0.379 e. The van der Waals surface area contributed by atoms with Crippen LogP contribution in [-0.2, 0) is 9.53 Å². The molecule has 2 rings (SSSR count). The molecule has 0 radical (unpaired) electrons. The summed E-state index contributed by atoms with van der Waals surface area (Å²) in [7, 11) is 0. The number of aryl methyl sites for hydroxylation is 2. The summed E-state index contributed by atoms with van der Waals surface area (Å²) in [5.41, 5.74) is 2.40. The van der Waals surface area contributed by atoms with E-state index in [9.17, 15) is 4.79 Å². The van der Waals surface area contributed by atoms with E-state index in [2.05, 4.69) is 52.1 Å². The number of nitrogens with one attached hydrogen (secondary N) is 1. The molecule has 1 aromatic rings. The van der Waals surface area contributed by atoms with Crippen LogP contribution < -0.4 is 5.32 Å². The van der Waals surface area contributed by atoms with Crippen molar-refractivity contribution in [3.8, 4) is 0 Å². The second-order valence-corrected chi connectivity index (χ2v) is 7.68. The third-order valence-electron chi connectivity index (χ3n) is 3.89. The van der Waals surface area contributed by atoms with E-state index in [4.69, 9.17) is 4.74 Å². The summed E-state index contributed by atoms with van der Waals surface area (Å²) in [6.45, 7) is 9.59. The minimum Gasteiger partial charge on any atom is -0.379 e. The van der Waals surface area contributed by atoms with Crippen molar-refractivity contribution >= 4 is 33.6 Å². The van der Waals surface area contributed by atoms with Gasteiger partial charge < -0.3 is 10.1 Å². The second kappa shape index (κ2) is 9.67. The van der Waals surface area contributed by atoms with E-state index < -0.39 is 0 Å². The van der Waals surface area contributed by atoms with Gasteiger partial charge in [-0.2, -0.15) is 0 Å². The smallest absolute Gasteiger partial charge is 0.230 e. The molecule has 1 saturated heterocycles. The third kappa shape index (κ3) is 6.45. The number of halogens is 1. The van der Waals surface area contributed by atoms with Gasteiger partial charge in [-0.25, -0.2) is 0 Å². The number of thioether (sulfide) groups is 1. The summed E-state index contributed by atoms with van der Waals surface area (Å²) in [6, 6.07) is 4.24. The van der Waals surface area contributed by atoms with Gasteiger partial charge in [-0.15, -0.1) is 11.8 Å². The summed E-state index contributed by atoms with van der Waals surface area (Å²) < 4.78 is 6.44. The molecule has 1 heterocycles. The van der Waals surface area contributed by atoms with Crippen LogP contribution in [-0.4, -0.2) is 56.0 Å². The summed E-state index contributed by atoms with van der Waals surface area (Å²) in [5.74, 6) is 0.580. The van der Waals surface area contributed by atoms with Crippen LogP contribution in [0, 0.1) is 13.8 Å². The number of hydrogen-bond acceptors (Lipinski definition) is 4. The van der Waals surface area contributed by atoms with Crippen LogP contribution in [0.3, 0.4) is 0 Å². The predicted molar refractivity (Wildman–Crippen MR) is 99.2 cm³/mol. The van der Waals surface area contributed by atoms with E-state index in [-0.39, 0.29) is 5.91 Å². The molecule has 1 aromatic carbocycles. The van der Waals surface area contributed by atoms with E-state index in [1.165, 1.54) is 16.0 Å². The van der Waals surface area contributed by atoms with Gasteiger partial charge in [0, 0.05) is 29.0 Å². The van der Waals surface area contributed by atoms with Gasteiger partial charge in [0.05, 0.1) is 19.0 Å². The first kappa shape index (κ1) is 18.8. The average molecular weight is 401 g/mol. The molecule has 0 aromatic heterocycles. The van der Waals surface area contributed by atoms with Gasteiger partial charge in [0.15, 0.2) is 0 Å². The predicted octanol–water partition coefficient (Wildman–Crippen LogP) is 3.00. The van der Waals surface area contributed by atoms with Crippen LogP contribution >= 0.6 is 27.7 Å². The fourth-order valence-electron chi connectivity index (χ4n) is 2.46. The number of carbonyl (C=O) groups excluding carboxylic acids is 1. The zero-order valence-electron chi connectivity index (χ0n) is 13.9. The number of nitrogens with zero attached hydrogens (tertiary/aromatic N) is 1. The first-order valence-corrected chi connectivity index (χ1v) is 9.80. The highest BCUT2D eigenvalue weighted by molar-refractivity contribution is 9.10. The molecular formula is C17H25BrN2O2S. The van der Waals surface area contributed by atoms with Crippen molar-refractivity contribution < 1.29 is 9.53 Å². The lowest BCUT2D eigenvalue weighted by Gasteiger charge is -2.26. The van der Waals surface area contributed by atoms with Crippen molar-refractivity contribution in [2.75, 3.05) is 45.1 Å². The van der Waals surface area contributed by atoms with E-state index in [0.29, 0.717) is 5.75 Å². The van der Waals surface area contributed by atoms with E-state index >= 15 is 0 Å². The van der Waals surface area contributed by atoms with E-state index in [1.54, 1.807) is 11.8 Å². The molecule has 128 valence electrons. The Morgan fingerprint density at radius 2 is 2.04 bits per heavy atom. The van der Waals surface area contributed by atoms with Crippen molar-refractivity contribution in [1.82, 2.24) is 10.2 Å². The monoisotopic (exact) mass is 400 g/mol. The highest BCUT2D eigenvalue weighted by atomic mass is 79.9. The number of rotatable bonds is 7. The Balaban J connectivity index is 1.64. The minimum atomic E-state index is 0.108. The van der Waals surface area contributed by atoms with Crippen molar-refractivity contribution in [1.29, 1.82) is 0 Å². The molecule has 4 nitrogen and oxygen atoms in total. The number of carbonyl (C=O) groups is 1. The molecule has 1 aliphatic heterocycles. The Bertz CT molecular complexity index is 534. The maximum absolute atomic E-state index is 12.0. The standard InChI is InChI=1S/C17H25BrN2O2S/c1-13-11-16(14(2)10-15(13)18)23-12-17(21)19-4-3-5-20-6-8-22-9-7-20/h10-11H,3-9,12H2,1-2H3,(H,19,21). The van der Waals surface area contributed by atoms with Crippen molar-refractivity contribution in [2.24, 2.45) is 0 Å². The lowest BCUT2D eigenvalue weighted by Crippen LogP contribution is -2.38. The van der Waals surface area contributed by atoms with Crippen LogP contribution in [0.25, 0.3) is 0 Å². The number of hydrogen-bond donors (Lipinski definition) is 1. The Hall–Kier alpha value is -0.560. The van der Waals surface area contributed by atoms with E-state index in [1.807, 2.05) is 0 Å². The van der Waals surface area contributed by atoms with Gasteiger partial charge in [0.2, 0.25) is 5.91 Å². The summed E-state index contributed by atoms with van der Waals surface area (Å²) in [4.78, 5) is 15.5. The van der Waals surface area contributed by atoms with Gasteiger partial charge in [0.25, 0.3) is 0 Å². The maximum atomic E-state index is 12.0. The Kier molecular flexibility index (Phi) is 7.89. The third-order valence-corrected chi connectivity index (χ3v) is 5.90. The highest BCUT2D eigenvalue weighted by Crippen LogP contribution is 2.28. The second-order valence-electron chi connectivity index (χ2n) is 5.81. The fraction of sp³-hybridized carbons (Fsp3) is 0.588. The number of ether oxygens (including phenoxy) is 1. The molecule has 6 heteroatoms. The van der Waals surface area contributed by atoms with Crippen LogP contribution in [0.5, 0.6) is 0 Å². The van der Waals surface area contributed by atoms with Gasteiger partial charge >= 0.3 is 0 Å². The molecule has 0 aliphatic carbocycles. The molecule has 0 spiro atoms. The van der Waals surface area contributed by atoms with Crippen LogP contribution in [0.2, 0.25) is 0 Å². The Morgan fingerprint density at radius 3 is 2.78 bits per heavy atom.